The predicted molar refractivity (Wildman–Crippen MR) is 55.4 cm³/mol. The lowest BCUT2D eigenvalue weighted by Crippen LogP contribution is -2.68. The van der Waals surface area contributed by atoms with Crippen LogP contribution in [-0.2, 0) is 0 Å². The van der Waals surface area contributed by atoms with Crippen molar-refractivity contribution >= 4 is 0 Å². The number of allylic oxidation sites excluding steroid dienone is 2. The summed E-state index contributed by atoms with van der Waals surface area (Å²) in [6, 6.07) is -6.11. The third-order valence-corrected chi connectivity index (χ3v) is 3.11. The molecule has 0 aromatic rings. The molecule has 1 rings (SSSR count). The van der Waals surface area contributed by atoms with Crippen LogP contribution in [0, 0.1) is 0 Å². The van der Waals surface area contributed by atoms with Crippen molar-refractivity contribution in [1.29, 1.82) is 0 Å². The molecule has 1 atom stereocenters. The van der Waals surface area contributed by atoms with E-state index in [0.29, 0.717) is 6.08 Å². The van der Waals surface area contributed by atoms with Crippen molar-refractivity contribution in [2.75, 3.05) is 7.05 Å². The maximum atomic E-state index is 14.1. The first-order valence-corrected chi connectivity index (χ1v) is 5.58. The lowest BCUT2D eigenvalue weighted by Gasteiger charge is -2.43. The number of rotatable bonds is 4. The molecule has 1 unspecified atom stereocenters. The standard InChI is InChI=1S/C11H9F10N/c1-22(7(12)5-3-2-4-6-7)11(20,21)9(15,16)8(13,14)10(17,18)19/h2-5H,6H2,1H3. The molecule has 0 aliphatic heterocycles. The number of alkyl halides is 10. The fourth-order valence-electron chi connectivity index (χ4n) is 1.64. The Morgan fingerprint density at radius 1 is 0.864 bits per heavy atom. The number of hydrogen-bond acceptors (Lipinski definition) is 1. The van der Waals surface area contributed by atoms with Gasteiger partial charge in [0.2, 0.25) is 0 Å². The number of likely N-dealkylation sites (N-methyl/N-ethyl adjacent to an activating group) is 1. The molecule has 22 heavy (non-hydrogen) atoms. The van der Waals surface area contributed by atoms with Crippen molar-refractivity contribution in [2.45, 2.75) is 36.3 Å². The van der Waals surface area contributed by atoms with E-state index < -0.39 is 41.2 Å². The molecule has 0 radical (unpaired) electrons. The molecule has 0 N–H and O–H groups in total. The highest BCUT2D eigenvalue weighted by atomic mass is 19.4. The minimum absolute atomic E-state index is 0.0101. The van der Waals surface area contributed by atoms with Gasteiger partial charge in [0.1, 0.15) is 0 Å². The fraction of sp³-hybridized carbons (Fsp3) is 0.636. The quantitative estimate of drug-likeness (QED) is 0.535. The number of halogens is 10. The van der Waals surface area contributed by atoms with Crippen LogP contribution >= 0.6 is 0 Å². The monoisotopic (exact) mass is 345 g/mol. The molecule has 0 aromatic heterocycles. The van der Waals surface area contributed by atoms with Crippen LogP contribution in [0.3, 0.4) is 0 Å². The van der Waals surface area contributed by atoms with E-state index in [4.69, 9.17) is 0 Å². The Morgan fingerprint density at radius 3 is 1.73 bits per heavy atom. The Bertz CT molecular complexity index is 478. The lowest BCUT2D eigenvalue weighted by atomic mass is 10.0. The summed E-state index contributed by atoms with van der Waals surface area (Å²) in [6.07, 6.45) is -4.60. The van der Waals surface area contributed by atoms with Crippen LogP contribution in [0.25, 0.3) is 0 Å². The van der Waals surface area contributed by atoms with Crippen molar-refractivity contribution in [3.05, 3.63) is 24.3 Å². The van der Waals surface area contributed by atoms with Crippen LogP contribution in [0.1, 0.15) is 6.42 Å². The second-order valence-corrected chi connectivity index (χ2v) is 4.56. The highest BCUT2D eigenvalue weighted by Gasteiger charge is 2.83. The van der Waals surface area contributed by atoms with E-state index in [2.05, 4.69) is 0 Å². The van der Waals surface area contributed by atoms with Gasteiger partial charge in [0.05, 0.1) is 0 Å². The van der Waals surface area contributed by atoms with Crippen molar-refractivity contribution in [2.24, 2.45) is 0 Å². The summed E-state index contributed by atoms with van der Waals surface area (Å²) in [5, 5.41) is 0. The molecule has 0 saturated heterocycles. The molecule has 11 heteroatoms. The number of hydrogen-bond donors (Lipinski definition) is 0. The Hall–Kier alpha value is -1.26. The van der Waals surface area contributed by atoms with E-state index in [0.717, 1.165) is 18.2 Å². The van der Waals surface area contributed by atoms with Gasteiger partial charge in [-0.05, 0) is 13.1 Å². The molecule has 128 valence electrons. The second kappa shape index (κ2) is 5.14. The van der Waals surface area contributed by atoms with Gasteiger partial charge in [-0.2, -0.15) is 39.5 Å². The zero-order chi connectivity index (χ0) is 17.6. The maximum Gasteiger partial charge on any atom is 0.460 e. The maximum absolute atomic E-state index is 14.1. The molecule has 0 fully saturated rings. The molecule has 1 aliphatic rings. The smallest absolute Gasteiger partial charge is 0.221 e. The molecular weight excluding hydrogens is 336 g/mol. The average Bonchev–Trinajstić information content (AvgIpc) is 2.36. The van der Waals surface area contributed by atoms with E-state index in [1.54, 1.807) is 0 Å². The summed E-state index contributed by atoms with van der Waals surface area (Å²) in [7, 11) is -0.0101. The van der Waals surface area contributed by atoms with Crippen LogP contribution in [0.4, 0.5) is 43.9 Å². The first-order valence-electron chi connectivity index (χ1n) is 5.58. The third kappa shape index (κ3) is 2.59. The van der Waals surface area contributed by atoms with Gasteiger partial charge in [0, 0.05) is 6.42 Å². The van der Waals surface area contributed by atoms with E-state index in [-0.39, 0.29) is 7.05 Å². The van der Waals surface area contributed by atoms with Gasteiger partial charge in [0.15, 0.2) is 5.79 Å². The van der Waals surface area contributed by atoms with Crippen LogP contribution < -0.4 is 0 Å². The lowest BCUT2D eigenvalue weighted by molar-refractivity contribution is -0.424. The Kier molecular flexibility index (Phi) is 4.39. The molecule has 0 aromatic carbocycles. The van der Waals surface area contributed by atoms with Crippen LogP contribution in [0.2, 0.25) is 0 Å². The highest BCUT2D eigenvalue weighted by Crippen LogP contribution is 2.55. The van der Waals surface area contributed by atoms with Crippen molar-refractivity contribution in [1.82, 2.24) is 4.90 Å². The Balaban J connectivity index is 3.27. The third-order valence-electron chi connectivity index (χ3n) is 3.11. The van der Waals surface area contributed by atoms with Crippen molar-refractivity contribution in [3.63, 3.8) is 0 Å². The van der Waals surface area contributed by atoms with Gasteiger partial charge in [-0.1, -0.05) is 18.2 Å². The minimum Gasteiger partial charge on any atom is -0.221 e. The zero-order valence-corrected chi connectivity index (χ0v) is 10.7. The molecule has 0 heterocycles. The molecule has 0 spiro atoms. The largest absolute Gasteiger partial charge is 0.460 e. The van der Waals surface area contributed by atoms with E-state index in [1.807, 2.05) is 0 Å². The first-order chi connectivity index (χ1) is 9.61. The molecule has 0 amide bonds. The molecular formula is C11H9F10N. The van der Waals surface area contributed by atoms with Gasteiger partial charge >= 0.3 is 24.1 Å². The molecule has 1 aliphatic carbocycles. The van der Waals surface area contributed by atoms with Crippen LogP contribution in [-0.4, -0.2) is 41.8 Å². The number of nitrogens with zero attached hydrogens (tertiary/aromatic N) is 1. The topological polar surface area (TPSA) is 3.24 Å². The SMILES string of the molecule is CN(C1(F)C=CC=CC1)C(F)(F)C(F)(F)C(F)(F)C(F)(F)F. The van der Waals surface area contributed by atoms with Gasteiger partial charge in [0.25, 0.3) is 0 Å². The van der Waals surface area contributed by atoms with Crippen molar-refractivity contribution < 1.29 is 43.9 Å². The summed E-state index contributed by atoms with van der Waals surface area (Å²) < 4.78 is 129. The minimum atomic E-state index is -7.05. The summed E-state index contributed by atoms with van der Waals surface area (Å²) in [4.78, 5) is -1.14. The van der Waals surface area contributed by atoms with Gasteiger partial charge in [-0.3, -0.25) is 0 Å². The van der Waals surface area contributed by atoms with Gasteiger partial charge < -0.3 is 0 Å². The van der Waals surface area contributed by atoms with E-state index in [1.165, 1.54) is 0 Å². The molecule has 0 saturated carbocycles. The summed E-state index contributed by atoms with van der Waals surface area (Å²) >= 11 is 0. The van der Waals surface area contributed by atoms with E-state index >= 15 is 0 Å². The normalized spacial score (nSPS) is 24.2. The summed E-state index contributed by atoms with van der Waals surface area (Å²) in [5.74, 6) is -17.3. The first kappa shape index (κ1) is 18.8. The van der Waals surface area contributed by atoms with Crippen LogP contribution in [0.15, 0.2) is 24.3 Å². The fourth-order valence-corrected chi connectivity index (χ4v) is 1.64. The van der Waals surface area contributed by atoms with Gasteiger partial charge in [-0.25, -0.2) is 9.29 Å². The highest BCUT2D eigenvalue weighted by molar-refractivity contribution is 5.18. The van der Waals surface area contributed by atoms with E-state index in [9.17, 15) is 43.9 Å². The summed E-state index contributed by atoms with van der Waals surface area (Å²) in [5.41, 5.74) is 0. The second-order valence-electron chi connectivity index (χ2n) is 4.56. The Morgan fingerprint density at radius 2 is 1.36 bits per heavy atom. The van der Waals surface area contributed by atoms with Gasteiger partial charge in [-0.15, -0.1) is 0 Å². The van der Waals surface area contributed by atoms with Crippen LogP contribution in [0.5, 0.6) is 0 Å². The Labute approximate surface area is 117 Å². The predicted octanol–water partition coefficient (Wildman–Crippen LogP) is 4.53. The van der Waals surface area contributed by atoms with Crippen molar-refractivity contribution in [3.8, 4) is 0 Å². The molecule has 1 nitrogen and oxygen atoms in total. The summed E-state index contributed by atoms with van der Waals surface area (Å²) in [6.45, 7) is 0. The average molecular weight is 345 g/mol. The molecule has 0 bridgehead atoms. The zero-order valence-electron chi connectivity index (χ0n) is 10.7.